The second kappa shape index (κ2) is 6.59. The molecule has 0 fully saturated rings. The van der Waals surface area contributed by atoms with Crippen molar-refractivity contribution in [1.29, 1.82) is 0 Å². The lowest BCUT2D eigenvalue weighted by atomic mass is 10.2. The van der Waals surface area contributed by atoms with E-state index < -0.39 is 22.8 Å². The molecule has 1 amide bonds. The predicted octanol–water partition coefficient (Wildman–Crippen LogP) is -0.957. The summed E-state index contributed by atoms with van der Waals surface area (Å²) in [6.45, 7) is 0. The molecular weight excluding hydrogens is 194 g/mol. The molecule has 2 atom stereocenters. The van der Waals surface area contributed by atoms with E-state index >= 15 is 0 Å². The van der Waals surface area contributed by atoms with Gasteiger partial charge in [-0.3, -0.25) is 9.00 Å². The van der Waals surface area contributed by atoms with Crippen molar-refractivity contribution in [2.24, 2.45) is 0 Å². The molecule has 1 unspecified atom stereocenters. The Labute approximate surface area is 79.3 Å². The second-order valence-electron chi connectivity index (χ2n) is 2.43. The van der Waals surface area contributed by atoms with Crippen molar-refractivity contribution in [3.05, 3.63) is 0 Å². The Kier molecular flexibility index (Phi) is 6.13. The van der Waals surface area contributed by atoms with Crippen LogP contribution < -0.4 is 5.32 Å². The van der Waals surface area contributed by atoms with Gasteiger partial charge in [-0.2, -0.15) is 0 Å². The molecule has 0 saturated heterocycles. The quantitative estimate of drug-likeness (QED) is 0.450. The highest BCUT2D eigenvalue weighted by Crippen LogP contribution is 1.95. The molecule has 6 heteroatoms. The number of rotatable bonds is 6. The van der Waals surface area contributed by atoms with Crippen LogP contribution >= 0.6 is 0 Å². The number of methoxy groups -OCH3 is 1. The largest absolute Gasteiger partial charge is 0.467 e. The summed E-state index contributed by atoms with van der Waals surface area (Å²) in [7, 11) is 0.269. The Balaban J connectivity index is 4.00. The van der Waals surface area contributed by atoms with Gasteiger partial charge in [-0.15, -0.1) is 0 Å². The van der Waals surface area contributed by atoms with Crippen molar-refractivity contribution in [2.45, 2.75) is 12.5 Å². The van der Waals surface area contributed by atoms with Crippen molar-refractivity contribution in [3.63, 3.8) is 0 Å². The van der Waals surface area contributed by atoms with Crippen LogP contribution in [0.5, 0.6) is 0 Å². The first-order chi connectivity index (χ1) is 6.11. The highest BCUT2D eigenvalue weighted by Gasteiger charge is 2.17. The highest BCUT2D eigenvalue weighted by atomic mass is 32.2. The number of hydrogen-bond donors (Lipinski definition) is 1. The van der Waals surface area contributed by atoms with E-state index in [1.165, 1.54) is 13.4 Å². The molecule has 0 bridgehead atoms. The first-order valence-corrected chi connectivity index (χ1v) is 5.42. The molecule has 0 radical (unpaired) electrons. The van der Waals surface area contributed by atoms with E-state index in [1.54, 1.807) is 0 Å². The van der Waals surface area contributed by atoms with Crippen LogP contribution in [0, 0.1) is 0 Å². The lowest BCUT2D eigenvalue weighted by molar-refractivity contribution is -0.144. The van der Waals surface area contributed by atoms with Gasteiger partial charge in [0.25, 0.3) is 0 Å². The summed E-state index contributed by atoms with van der Waals surface area (Å²) in [6.07, 6.45) is 2.30. The number of hydrogen-bond acceptors (Lipinski definition) is 4. The van der Waals surface area contributed by atoms with Gasteiger partial charge >= 0.3 is 5.97 Å². The van der Waals surface area contributed by atoms with Crippen LogP contribution in [0.2, 0.25) is 0 Å². The average molecular weight is 207 g/mol. The zero-order valence-corrected chi connectivity index (χ0v) is 8.43. The van der Waals surface area contributed by atoms with Gasteiger partial charge in [-0.1, -0.05) is 0 Å². The van der Waals surface area contributed by atoms with Crippen LogP contribution in [-0.2, 0) is 25.1 Å². The molecule has 13 heavy (non-hydrogen) atoms. The van der Waals surface area contributed by atoms with Crippen LogP contribution in [0.1, 0.15) is 6.42 Å². The monoisotopic (exact) mass is 207 g/mol. The van der Waals surface area contributed by atoms with Gasteiger partial charge in [0.15, 0.2) is 0 Å². The third-order valence-electron chi connectivity index (χ3n) is 1.45. The molecule has 0 aliphatic rings. The van der Waals surface area contributed by atoms with Crippen LogP contribution in [0.3, 0.4) is 0 Å². The number of esters is 1. The standard InChI is InChI=1S/C7H13NO4S/c1-12-7(10)6(8-5-9)3-4-13(2)11/h5-6H,3-4H2,1-2H3,(H,8,9)/t6-,13?/m0/s1. The van der Waals surface area contributed by atoms with Gasteiger partial charge in [0.1, 0.15) is 6.04 Å². The molecule has 0 spiro atoms. The molecule has 76 valence electrons. The summed E-state index contributed by atoms with van der Waals surface area (Å²) < 4.78 is 15.1. The van der Waals surface area contributed by atoms with Crippen molar-refractivity contribution >= 4 is 23.2 Å². The van der Waals surface area contributed by atoms with Gasteiger partial charge in [-0.05, 0) is 6.42 Å². The number of ether oxygens (including phenoxy) is 1. The summed E-state index contributed by atoms with van der Waals surface area (Å²) in [5.74, 6) is -0.154. The Bertz CT molecular complexity index is 207. The fourth-order valence-corrected chi connectivity index (χ4v) is 1.35. The van der Waals surface area contributed by atoms with E-state index in [-0.39, 0.29) is 0 Å². The van der Waals surface area contributed by atoms with Crippen LogP contribution in [0.4, 0.5) is 0 Å². The van der Waals surface area contributed by atoms with Crippen molar-refractivity contribution in [2.75, 3.05) is 19.1 Å². The number of carbonyl (C=O) groups is 2. The molecular formula is C7H13NO4S. The summed E-state index contributed by atoms with van der Waals surface area (Å²) in [5.41, 5.74) is 0. The topological polar surface area (TPSA) is 72.5 Å². The minimum Gasteiger partial charge on any atom is -0.467 e. The second-order valence-corrected chi connectivity index (χ2v) is 3.98. The summed E-state index contributed by atoms with van der Waals surface area (Å²) in [4.78, 5) is 21.1. The smallest absolute Gasteiger partial charge is 0.328 e. The Morgan fingerprint density at radius 1 is 1.69 bits per heavy atom. The van der Waals surface area contributed by atoms with Gasteiger partial charge < -0.3 is 10.1 Å². The third kappa shape index (κ3) is 5.35. The van der Waals surface area contributed by atoms with E-state index in [2.05, 4.69) is 10.1 Å². The van der Waals surface area contributed by atoms with E-state index in [0.29, 0.717) is 18.6 Å². The first-order valence-electron chi connectivity index (χ1n) is 3.69. The minimum atomic E-state index is -0.972. The fraction of sp³-hybridized carbons (Fsp3) is 0.714. The van der Waals surface area contributed by atoms with Gasteiger partial charge in [0.2, 0.25) is 6.41 Å². The zero-order chi connectivity index (χ0) is 10.3. The summed E-state index contributed by atoms with van der Waals surface area (Å²) in [6, 6.07) is -0.689. The Morgan fingerprint density at radius 2 is 2.31 bits per heavy atom. The molecule has 0 saturated carbocycles. The van der Waals surface area contributed by atoms with Gasteiger partial charge in [0.05, 0.1) is 7.11 Å². The minimum absolute atomic E-state index is 0.328. The van der Waals surface area contributed by atoms with Crippen molar-refractivity contribution in [1.82, 2.24) is 5.32 Å². The first kappa shape index (κ1) is 12.1. The molecule has 5 nitrogen and oxygen atoms in total. The maximum absolute atomic E-state index is 11.0. The average Bonchev–Trinajstić information content (AvgIpc) is 2.10. The van der Waals surface area contributed by atoms with Crippen LogP contribution in [-0.4, -0.2) is 41.7 Å². The Morgan fingerprint density at radius 3 is 2.69 bits per heavy atom. The van der Waals surface area contributed by atoms with E-state index in [4.69, 9.17) is 0 Å². The summed E-state index contributed by atoms with van der Waals surface area (Å²) in [5, 5.41) is 2.30. The highest BCUT2D eigenvalue weighted by molar-refractivity contribution is 7.84. The fourth-order valence-electron chi connectivity index (χ4n) is 0.777. The SMILES string of the molecule is COC(=O)[C@H](CCS(C)=O)NC=O. The van der Waals surface area contributed by atoms with Gasteiger partial charge in [0, 0.05) is 22.8 Å². The molecule has 0 aliphatic heterocycles. The molecule has 0 aromatic carbocycles. The molecule has 1 N–H and O–H groups in total. The maximum Gasteiger partial charge on any atom is 0.328 e. The number of amides is 1. The normalized spacial score (nSPS) is 14.3. The van der Waals surface area contributed by atoms with Gasteiger partial charge in [-0.25, -0.2) is 4.79 Å². The maximum atomic E-state index is 11.0. The molecule has 0 aliphatic carbocycles. The summed E-state index contributed by atoms with van der Waals surface area (Å²) >= 11 is 0. The number of carbonyl (C=O) groups excluding carboxylic acids is 2. The molecule has 0 heterocycles. The lowest BCUT2D eigenvalue weighted by Gasteiger charge is -2.11. The number of nitrogens with one attached hydrogen (secondary N) is 1. The van der Waals surface area contributed by atoms with E-state index in [0.717, 1.165) is 0 Å². The predicted molar refractivity (Wildman–Crippen MR) is 48.6 cm³/mol. The Hall–Kier alpha value is -0.910. The lowest BCUT2D eigenvalue weighted by Crippen LogP contribution is -2.37. The van der Waals surface area contributed by atoms with Crippen molar-refractivity contribution < 1.29 is 18.5 Å². The molecule has 0 aromatic rings. The zero-order valence-electron chi connectivity index (χ0n) is 7.61. The molecule has 0 rings (SSSR count). The van der Waals surface area contributed by atoms with E-state index in [1.807, 2.05) is 0 Å². The molecule has 0 aromatic heterocycles. The van der Waals surface area contributed by atoms with Crippen molar-refractivity contribution in [3.8, 4) is 0 Å². The van der Waals surface area contributed by atoms with Crippen LogP contribution in [0.15, 0.2) is 0 Å². The third-order valence-corrected chi connectivity index (χ3v) is 2.26. The van der Waals surface area contributed by atoms with E-state index in [9.17, 15) is 13.8 Å². The van der Waals surface area contributed by atoms with Crippen LogP contribution in [0.25, 0.3) is 0 Å².